The number of methoxy groups -OCH3 is 1. The van der Waals surface area contributed by atoms with Gasteiger partial charge >= 0.3 is 12.2 Å². The normalized spacial score (nSPS) is 14.5. The predicted octanol–water partition coefficient (Wildman–Crippen LogP) is 5.83. The summed E-state index contributed by atoms with van der Waals surface area (Å²) in [5, 5.41) is 8.04. The number of benzene rings is 3. The van der Waals surface area contributed by atoms with Crippen molar-refractivity contribution >= 4 is 52.4 Å². The first-order valence-electron chi connectivity index (χ1n) is 18.6. The molecule has 0 unspecified atom stereocenters. The second kappa shape index (κ2) is 17.9. The molecule has 2 heterocycles. The molecule has 4 N–H and O–H groups in total. The van der Waals surface area contributed by atoms with Gasteiger partial charge in [-0.1, -0.05) is 49.4 Å². The summed E-state index contributed by atoms with van der Waals surface area (Å²) < 4.78 is 10.3. The fourth-order valence-corrected chi connectivity index (χ4v) is 6.40. The van der Waals surface area contributed by atoms with E-state index in [0.29, 0.717) is 52.2 Å². The van der Waals surface area contributed by atoms with Gasteiger partial charge in [0.1, 0.15) is 17.5 Å². The van der Waals surface area contributed by atoms with E-state index in [9.17, 15) is 28.8 Å². The van der Waals surface area contributed by atoms with E-state index < -0.39 is 41.6 Å². The molecule has 0 spiro atoms. The summed E-state index contributed by atoms with van der Waals surface area (Å²) in [7, 11) is 1.20. The average molecular weight is 768 g/mol. The van der Waals surface area contributed by atoms with E-state index in [1.54, 1.807) is 72.5 Å². The third-order valence-corrected chi connectivity index (χ3v) is 9.17. The monoisotopic (exact) mass is 767 g/mol. The fourth-order valence-electron chi connectivity index (χ4n) is 6.40. The SMILES string of the molecule is CCCN(CC(=O)Nc1cc(C(=O)CNC(=O)c2ccc3[nH]c([C@@H]4CCCN4C(=O)OC(C)(C)C)nc3c2)ccc1C)C(=O)[C@H](NC(=O)OC)c1ccccc1. The summed E-state index contributed by atoms with van der Waals surface area (Å²) in [5.74, 6) is -1.24. The van der Waals surface area contributed by atoms with Crippen LogP contribution in [-0.2, 0) is 19.1 Å². The number of amides is 5. The number of carbonyl (C=O) groups is 6. The Morgan fingerprint density at radius 2 is 1.73 bits per heavy atom. The number of H-pyrrole nitrogens is 1. The molecule has 0 aliphatic carbocycles. The minimum absolute atomic E-state index is 0.247. The van der Waals surface area contributed by atoms with Crippen LogP contribution < -0.4 is 16.0 Å². The molecule has 3 aromatic carbocycles. The topological polar surface area (TPSA) is 192 Å². The summed E-state index contributed by atoms with van der Waals surface area (Å²) in [6.45, 7) is 9.29. The molecule has 56 heavy (non-hydrogen) atoms. The van der Waals surface area contributed by atoms with Gasteiger partial charge in [0.05, 0.1) is 37.3 Å². The molecule has 0 saturated carbocycles. The van der Waals surface area contributed by atoms with E-state index in [1.165, 1.54) is 18.1 Å². The number of anilines is 1. The number of ether oxygens (including phenoxy) is 2. The number of alkyl carbamates (subject to hydrolysis) is 1. The summed E-state index contributed by atoms with van der Waals surface area (Å²) in [6, 6.07) is 17.1. The third-order valence-electron chi connectivity index (χ3n) is 9.17. The lowest BCUT2D eigenvalue weighted by Crippen LogP contribution is -2.46. The quantitative estimate of drug-likeness (QED) is 0.121. The largest absolute Gasteiger partial charge is 0.453 e. The Hall–Kier alpha value is -6.25. The number of Topliss-reactive ketones (excluding diaryl/α,β-unsaturated/α-hetero) is 1. The lowest BCUT2D eigenvalue weighted by molar-refractivity contribution is -0.136. The highest BCUT2D eigenvalue weighted by Gasteiger charge is 2.35. The van der Waals surface area contributed by atoms with Gasteiger partial charge in [-0.2, -0.15) is 0 Å². The minimum Gasteiger partial charge on any atom is -0.453 e. The molecule has 5 rings (SSSR count). The first-order chi connectivity index (χ1) is 26.7. The highest BCUT2D eigenvalue weighted by molar-refractivity contribution is 6.04. The number of hydrogen-bond acceptors (Lipinski definition) is 9. The van der Waals surface area contributed by atoms with E-state index in [2.05, 4.69) is 20.9 Å². The van der Waals surface area contributed by atoms with Crippen LogP contribution in [0.25, 0.3) is 11.0 Å². The maximum absolute atomic E-state index is 13.7. The van der Waals surface area contributed by atoms with Crippen LogP contribution in [0.1, 0.15) is 96.7 Å². The minimum atomic E-state index is -1.08. The first-order valence-corrected chi connectivity index (χ1v) is 18.6. The van der Waals surface area contributed by atoms with Gasteiger partial charge in [-0.3, -0.25) is 24.1 Å². The van der Waals surface area contributed by atoms with Gasteiger partial charge in [-0.15, -0.1) is 0 Å². The number of hydrogen-bond donors (Lipinski definition) is 4. The molecular formula is C41H49N7O8. The Kier molecular flexibility index (Phi) is 13.1. The Labute approximate surface area is 325 Å². The van der Waals surface area contributed by atoms with Crippen molar-refractivity contribution in [1.82, 2.24) is 30.4 Å². The van der Waals surface area contributed by atoms with Crippen molar-refractivity contribution in [3.63, 3.8) is 0 Å². The molecule has 2 atom stereocenters. The number of rotatable bonds is 13. The van der Waals surface area contributed by atoms with Crippen LogP contribution in [0.4, 0.5) is 15.3 Å². The van der Waals surface area contributed by atoms with Crippen LogP contribution in [0.15, 0.2) is 66.7 Å². The Balaban J connectivity index is 1.21. The van der Waals surface area contributed by atoms with Crippen molar-refractivity contribution in [3.05, 3.63) is 94.8 Å². The summed E-state index contributed by atoms with van der Waals surface area (Å²) in [5.41, 5.74) is 2.77. The molecule has 5 amide bonds. The number of carbonyl (C=O) groups excluding carboxylic acids is 6. The van der Waals surface area contributed by atoms with Crippen LogP contribution in [0.5, 0.6) is 0 Å². The van der Waals surface area contributed by atoms with E-state index in [1.807, 2.05) is 27.7 Å². The van der Waals surface area contributed by atoms with Crippen LogP contribution in [0.3, 0.4) is 0 Å². The molecule has 1 aliphatic heterocycles. The van der Waals surface area contributed by atoms with E-state index in [-0.39, 0.29) is 37.0 Å². The molecule has 1 fully saturated rings. The van der Waals surface area contributed by atoms with E-state index in [4.69, 9.17) is 14.5 Å². The van der Waals surface area contributed by atoms with Crippen LogP contribution >= 0.6 is 0 Å². The summed E-state index contributed by atoms with van der Waals surface area (Å²) >= 11 is 0. The number of nitrogens with one attached hydrogen (secondary N) is 4. The predicted molar refractivity (Wildman–Crippen MR) is 209 cm³/mol. The molecule has 296 valence electrons. The van der Waals surface area contributed by atoms with Crippen LogP contribution in [-0.4, -0.2) is 94.3 Å². The van der Waals surface area contributed by atoms with Gasteiger partial charge in [0.15, 0.2) is 5.78 Å². The van der Waals surface area contributed by atoms with E-state index in [0.717, 1.165) is 12.8 Å². The highest BCUT2D eigenvalue weighted by Crippen LogP contribution is 2.33. The maximum atomic E-state index is 13.7. The average Bonchev–Trinajstić information content (AvgIpc) is 3.83. The summed E-state index contributed by atoms with van der Waals surface area (Å²) in [4.78, 5) is 89.4. The number of imidazole rings is 1. The van der Waals surface area contributed by atoms with Gasteiger partial charge in [0.2, 0.25) is 11.8 Å². The molecule has 4 aromatic rings. The lowest BCUT2D eigenvalue weighted by Gasteiger charge is -2.27. The summed E-state index contributed by atoms with van der Waals surface area (Å²) in [6.07, 6.45) is 0.897. The number of aromatic amines is 1. The van der Waals surface area contributed by atoms with Gasteiger partial charge in [0, 0.05) is 29.9 Å². The third kappa shape index (κ3) is 10.3. The zero-order valence-corrected chi connectivity index (χ0v) is 32.6. The smallest absolute Gasteiger partial charge is 0.410 e. The molecule has 1 aromatic heterocycles. The molecule has 0 bridgehead atoms. The maximum Gasteiger partial charge on any atom is 0.410 e. The van der Waals surface area contributed by atoms with Crippen molar-refractivity contribution in [2.75, 3.05) is 38.6 Å². The molecule has 1 saturated heterocycles. The second-order valence-corrected chi connectivity index (χ2v) is 14.6. The van der Waals surface area contributed by atoms with Crippen molar-refractivity contribution in [1.29, 1.82) is 0 Å². The van der Waals surface area contributed by atoms with Gasteiger partial charge in [0.25, 0.3) is 5.91 Å². The number of aromatic nitrogens is 2. The number of nitrogens with zero attached hydrogens (tertiary/aromatic N) is 3. The molecule has 0 radical (unpaired) electrons. The van der Waals surface area contributed by atoms with Crippen LogP contribution in [0.2, 0.25) is 0 Å². The fraction of sp³-hybridized carbons (Fsp3) is 0.390. The Morgan fingerprint density at radius 1 is 1.00 bits per heavy atom. The number of fused-ring (bicyclic) bond motifs is 1. The van der Waals surface area contributed by atoms with Gasteiger partial charge in [-0.25, -0.2) is 14.6 Å². The van der Waals surface area contributed by atoms with Crippen molar-refractivity contribution in [2.45, 2.75) is 71.6 Å². The standard InChI is InChI=1S/C41H49N7O8/c1-7-19-47(38(52)35(46-39(53)55-6)26-12-9-8-10-13-26)24-34(50)43-30-21-27(16-15-25(30)2)33(49)23-42-37(51)28-17-18-29-31(22-28)45-36(44-29)32-14-11-20-48(32)40(54)56-41(3,4)5/h8-10,12-13,15-18,21-22,32,35H,7,11,14,19-20,23-24H2,1-6H3,(H,42,51)(H,43,50)(H,44,45)(H,46,53)/t32-,35+/m0/s1. The zero-order chi connectivity index (χ0) is 40.6. The Bertz CT molecular complexity index is 2090. The number of aryl methyl sites for hydroxylation is 1. The van der Waals surface area contributed by atoms with Crippen LogP contribution in [0, 0.1) is 6.92 Å². The van der Waals surface area contributed by atoms with E-state index >= 15 is 0 Å². The second-order valence-electron chi connectivity index (χ2n) is 14.6. The highest BCUT2D eigenvalue weighted by atomic mass is 16.6. The van der Waals surface area contributed by atoms with Gasteiger partial charge < -0.3 is 35.3 Å². The van der Waals surface area contributed by atoms with Crippen molar-refractivity contribution in [3.8, 4) is 0 Å². The van der Waals surface area contributed by atoms with Crippen molar-refractivity contribution in [2.24, 2.45) is 0 Å². The van der Waals surface area contributed by atoms with Gasteiger partial charge in [-0.05, 0) is 82.3 Å². The molecule has 15 nitrogen and oxygen atoms in total. The molecule has 1 aliphatic rings. The number of ketones is 1. The number of likely N-dealkylation sites (tertiary alicyclic amines) is 1. The molecular weight excluding hydrogens is 718 g/mol. The lowest BCUT2D eigenvalue weighted by atomic mass is 10.1. The molecule has 15 heteroatoms. The van der Waals surface area contributed by atoms with Crippen molar-refractivity contribution < 1.29 is 38.2 Å². The first kappa shape index (κ1) is 40.9. The Morgan fingerprint density at radius 3 is 2.43 bits per heavy atom. The zero-order valence-electron chi connectivity index (χ0n) is 32.6.